The Morgan fingerprint density at radius 3 is 2.33 bits per heavy atom. The number of carboxylic acid groups (broad SMARTS) is 1. The molecule has 0 radical (unpaired) electrons. The molecule has 314 valence electrons. The molecule has 0 aliphatic heterocycles. The number of carbonyl (C=O) groups is 7. The lowest BCUT2D eigenvalue weighted by Gasteiger charge is -2.23. The smallest absolute Gasteiger partial charge is 0.321 e. The third-order valence-electron chi connectivity index (χ3n) is 8.03. The zero-order valence-electron chi connectivity index (χ0n) is 32.9. The van der Waals surface area contributed by atoms with Gasteiger partial charge in [-0.05, 0) is 56.0 Å². The van der Waals surface area contributed by atoms with Crippen LogP contribution in [0.25, 0.3) is 0 Å². The first-order chi connectivity index (χ1) is 27.6. The van der Waals surface area contributed by atoms with Crippen LogP contribution in [0.1, 0.15) is 75.9 Å². The molecule has 17 nitrogen and oxygen atoms in total. The molecule has 0 saturated carbocycles. The lowest BCUT2D eigenvalue weighted by atomic mass is 10.1. The normalized spacial score (nSPS) is 12.0. The number of thioether (sulfide) groups is 1. The van der Waals surface area contributed by atoms with Crippen molar-refractivity contribution in [1.82, 2.24) is 26.3 Å². The van der Waals surface area contributed by atoms with E-state index >= 15 is 0 Å². The molecule has 2 atom stereocenters. The number of nitrogens with zero attached hydrogens (tertiary/aromatic N) is 1. The highest BCUT2D eigenvalue weighted by molar-refractivity contribution is 8.14. The van der Waals surface area contributed by atoms with Gasteiger partial charge in [-0.15, -0.1) is 11.3 Å². The number of amides is 6. The van der Waals surface area contributed by atoms with Crippen LogP contribution in [0, 0.1) is 0 Å². The van der Waals surface area contributed by atoms with Crippen LogP contribution in [-0.2, 0) is 35.3 Å². The maximum absolute atomic E-state index is 12.9. The van der Waals surface area contributed by atoms with Gasteiger partial charge in [0.25, 0.3) is 5.91 Å². The van der Waals surface area contributed by atoms with E-state index in [2.05, 4.69) is 36.9 Å². The molecule has 19 heteroatoms. The second-order valence-electron chi connectivity index (χ2n) is 13.6. The van der Waals surface area contributed by atoms with Gasteiger partial charge in [-0.25, -0.2) is 9.78 Å². The summed E-state index contributed by atoms with van der Waals surface area (Å²) >= 11 is 2.30. The van der Waals surface area contributed by atoms with E-state index in [0.717, 1.165) is 23.3 Å². The molecule has 3 aromatic rings. The molecule has 2 aromatic carbocycles. The lowest BCUT2D eigenvalue weighted by Crippen LogP contribution is -2.48. The summed E-state index contributed by atoms with van der Waals surface area (Å²) in [5, 5.41) is 26.3. The average molecular weight is 842 g/mol. The first kappa shape index (κ1) is 46.8. The molecule has 6 amide bonds. The molecule has 58 heavy (non-hydrogen) atoms. The number of rotatable bonds is 24. The molecule has 0 saturated heterocycles. The monoisotopic (exact) mass is 841 g/mol. The predicted molar refractivity (Wildman–Crippen MR) is 221 cm³/mol. The number of carboxylic acids is 1. The Balaban J connectivity index is 1.33. The SMILES string of the molecule is CC(=O)SC(C)(C)CCOC(C)CCC(=O)NCCCOc1ccc(NC(=O)C(CC(=O)O)NC(=O)CNC(=O)c2csc(NC(=O)NCc3ccccc3)n2)cc1. The Hall–Kier alpha value is -5.53. The number of aromatic nitrogens is 1. The van der Waals surface area contributed by atoms with Gasteiger partial charge < -0.3 is 41.2 Å². The van der Waals surface area contributed by atoms with E-state index in [9.17, 15) is 38.7 Å². The molecular weight excluding hydrogens is 791 g/mol. The fourth-order valence-electron chi connectivity index (χ4n) is 5.04. The van der Waals surface area contributed by atoms with Crippen molar-refractivity contribution in [1.29, 1.82) is 0 Å². The van der Waals surface area contributed by atoms with Gasteiger partial charge in [-0.2, -0.15) is 0 Å². The van der Waals surface area contributed by atoms with E-state index in [4.69, 9.17) is 9.47 Å². The van der Waals surface area contributed by atoms with Crippen molar-refractivity contribution < 1.29 is 48.1 Å². The van der Waals surface area contributed by atoms with Crippen molar-refractivity contribution in [3.63, 3.8) is 0 Å². The van der Waals surface area contributed by atoms with Crippen LogP contribution in [0.2, 0.25) is 0 Å². The number of thiazole rings is 1. The molecule has 7 N–H and O–H groups in total. The van der Waals surface area contributed by atoms with Crippen molar-refractivity contribution >= 4 is 74.7 Å². The highest BCUT2D eigenvalue weighted by Gasteiger charge is 2.25. The first-order valence-corrected chi connectivity index (χ1v) is 20.2. The van der Waals surface area contributed by atoms with Gasteiger partial charge in [-0.1, -0.05) is 55.9 Å². The summed E-state index contributed by atoms with van der Waals surface area (Å²) in [5.41, 5.74) is 1.16. The molecule has 0 spiro atoms. The molecule has 0 bridgehead atoms. The third-order valence-corrected chi connectivity index (χ3v) is 9.83. The van der Waals surface area contributed by atoms with E-state index in [1.165, 1.54) is 17.1 Å². The van der Waals surface area contributed by atoms with Crippen LogP contribution in [0.3, 0.4) is 0 Å². The molecule has 3 rings (SSSR count). The topological polar surface area (TPSA) is 243 Å². The Bertz CT molecular complexity index is 1840. The summed E-state index contributed by atoms with van der Waals surface area (Å²) in [7, 11) is 0. The number of hydrogen-bond acceptors (Lipinski definition) is 12. The quantitative estimate of drug-likeness (QED) is 0.0625. The number of carbonyl (C=O) groups excluding carboxylic acids is 6. The van der Waals surface area contributed by atoms with E-state index in [0.29, 0.717) is 50.5 Å². The van der Waals surface area contributed by atoms with E-state index < -0.39 is 48.7 Å². The molecule has 2 unspecified atom stereocenters. The maximum atomic E-state index is 12.9. The average Bonchev–Trinajstić information content (AvgIpc) is 3.63. The van der Waals surface area contributed by atoms with Crippen LogP contribution in [0.5, 0.6) is 5.75 Å². The van der Waals surface area contributed by atoms with Gasteiger partial charge in [0.05, 0.1) is 25.7 Å². The number of aliphatic carboxylic acids is 1. The zero-order chi connectivity index (χ0) is 42.5. The predicted octanol–water partition coefficient (Wildman–Crippen LogP) is 4.31. The highest BCUT2D eigenvalue weighted by atomic mass is 32.2. The number of benzene rings is 2. The second-order valence-corrected chi connectivity index (χ2v) is 16.4. The second kappa shape index (κ2) is 24.3. The summed E-state index contributed by atoms with van der Waals surface area (Å²) < 4.78 is 11.3. The summed E-state index contributed by atoms with van der Waals surface area (Å²) in [4.78, 5) is 89.4. The Kier molecular flexibility index (Phi) is 19.6. The van der Waals surface area contributed by atoms with Crippen molar-refractivity contribution in [2.75, 3.05) is 36.9 Å². The van der Waals surface area contributed by atoms with E-state index in [1.54, 1.807) is 31.2 Å². The van der Waals surface area contributed by atoms with Gasteiger partial charge in [0.2, 0.25) is 17.7 Å². The Labute approximate surface area is 345 Å². The van der Waals surface area contributed by atoms with Crippen LogP contribution in [-0.4, -0.2) is 94.0 Å². The van der Waals surface area contributed by atoms with Gasteiger partial charge in [0, 0.05) is 48.9 Å². The minimum atomic E-state index is -1.46. The standard InChI is InChI=1S/C39H51N7O10S2/c1-25(55-20-17-39(3,4)58-26(2)47)11-16-32(48)40-18-8-19-56-29-14-12-28(13-15-29)43-36(53)30(21-34(50)51)44-33(49)23-41-35(52)31-24-57-38(45-31)46-37(54)42-22-27-9-6-5-7-10-27/h5-7,9-10,12-15,24-25,30H,8,11,16-23H2,1-4H3,(H,40,48)(H,41,52)(H,43,53)(H,44,49)(H,50,51)(H2,42,45,46,54). The minimum absolute atomic E-state index is 0.0584. The number of anilines is 2. The number of nitrogens with one attached hydrogen (secondary N) is 6. The number of ether oxygens (including phenoxy) is 2. The Morgan fingerprint density at radius 1 is 0.914 bits per heavy atom. The molecule has 0 aliphatic carbocycles. The number of urea groups is 1. The van der Waals surface area contributed by atoms with E-state index in [-0.39, 0.29) is 39.2 Å². The van der Waals surface area contributed by atoms with Crippen LogP contribution < -0.4 is 36.6 Å². The summed E-state index contributed by atoms with van der Waals surface area (Å²) in [6.07, 6.45) is 1.35. The van der Waals surface area contributed by atoms with Crippen LogP contribution >= 0.6 is 23.1 Å². The van der Waals surface area contributed by atoms with Crippen molar-refractivity contribution in [2.24, 2.45) is 0 Å². The molecule has 1 heterocycles. The van der Waals surface area contributed by atoms with Crippen molar-refractivity contribution in [3.05, 3.63) is 71.2 Å². The van der Waals surface area contributed by atoms with Crippen LogP contribution in [0.15, 0.2) is 60.0 Å². The molecular formula is C39H51N7O10S2. The van der Waals surface area contributed by atoms with Crippen molar-refractivity contribution in [2.45, 2.75) is 83.2 Å². The summed E-state index contributed by atoms with van der Waals surface area (Å²) in [5.74, 6) is -3.25. The highest BCUT2D eigenvalue weighted by Crippen LogP contribution is 2.28. The maximum Gasteiger partial charge on any atom is 0.321 e. The zero-order valence-corrected chi connectivity index (χ0v) is 34.5. The van der Waals surface area contributed by atoms with Gasteiger partial charge in [0.15, 0.2) is 10.2 Å². The fourth-order valence-corrected chi connectivity index (χ4v) is 6.69. The first-order valence-electron chi connectivity index (χ1n) is 18.5. The number of hydrogen-bond donors (Lipinski definition) is 7. The molecule has 0 aliphatic rings. The van der Waals surface area contributed by atoms with Crippen LogP contribution in [0.4, 0.5) is 15.6 Å². The Morgan fingerprint density at radius 2 is 1.64 bits per heavy atom. The lowest BCUT2D eigenvalue weighted by molar-refractivity contribution is -0.139. The summed E-state index contributed by atoms with van der Waals surface area (Å²) in [6, 6.07) is 13.6. The molecule has 0 fully saturated rings. The third kappa shape index (κ3) is 19.1. The van der Waals surface area contributed by atoms with Gasteiger partial charge in [-0.3, -0.25) is 34.1 Å². The largest absolute Gasteiger partial charge is 0.494 e. The van der Waals surface area contributed by atoms with Gasteiger partial charge >= 0.3 is 12.0 Å². The molecule has 1 aromatic heterocycles. The van der Waals surface area contributed by atoms with Gasteiger partial charge in [0.1, 0.15) is 17.5 Å². The van der Waals surface area contributed by atoms with Crippen molar-refractivity contribution in [3.8, 4) is 5.75 Å². The fraction of sp³-hybridized carbons (Fsp3) is 0.436. The van der Waals surface area contributed by atoms with E-state index in [1.807, 2.05) is 51.1 Å². The summed E-state index contributed by atoms with van der Waals surface area (Å²) in [6.45, 7) is 8.41. The minimum Gasteiger partial charge on any atom is -0.494 e.